The molecule has 1 amide bonds. The molecule has 0 radical (unpaired) electrons. The Morgan fingerprint density at radius 3 is 2.34 bits per heavy atom. The fourth-order valence-corrected chi connectivity index (χ4v) is 3.00. The van der Waals surface area contributed by atoms with E-state index in [0.29, 0.717) is 11.3 Å². The van der Waals surface area contributed by atoms with Crippen LogP contribution < -0.4 is 5.32 Å². The molecule has 0 atom stereocenters. The Hall–Kier alpha value is -3.74. The second-order valence-corrected chi connectivity index (χ2v) is 6.22. The molecule has 3 aromatic rings. The van der Waals surface area contributed by atoms with Gasteiger partial charge in [0.1, 0.15) is 11.5 Å². The van der Waals surface area contributed by atoms with Gasteiger partial charge in [-0.3, -0.25) is 9.59 Å². The normalized spacial score (nSPS) is 10.4. The minimum atomic E-state index is -1.02. The number of carbonyl (C=O) groups is 3. The number of H-pyrrole nitrogens is 1. The summed E-state index contributed by atoms with van der Waals surface area (Å²) in [5.74, 6) is -3.21. The first-order chi connectivity index (χ1) is 13.9. The van der Waals surface area contributed by atoms with E-state index in [2.05, 4.69) is 10.3 Å². The zero-order valence-corrected chi connectivity index (χ0v) is 15.9. The molecule has 7 heteroatoms. The van der Waals surface area contributed by atoms with Crippen molar-refractivity contribution in [3.8, 4) is 11.1 Å². The zero-order valence-electron chi connectivity index (χ0n) is 15.9. The van der Waals surface area contributed by atoms with Crippen LogP contribution in [0.15, 0.2) is 54.6 Å². The van der Waals surface area contributed by atoms with Crippen LogP contribution in [0.2, 0.25) is 0 Å². The highest BCUT2D eigenvalue weighted by atomic mass is 19.1. The zero-order chi connectivity index (χ0) is 21.0. The quantitative estimate of drug-likeness (QED) is 0.374. The molecule has 0 aliphatic rings. The van der Waals surface area contributed by atoms with Crippen molar-refractivity contribution in [2.24, 2.45) is 0 Å². The second-order valence-electron chi connectivity index (χ2n) is 6.22. The van der Waals surface area contributed by atoms with Crippen molar-refractivity contribution in [3.05, 3.63) is 77.4 Å². The number of hydrogen-bond acceptors (Lipinski definition) is 4. The van der Waals surface area contributed by atoms with Crippen molar-refractivity contribution in [2.75, 3.05) is 11.9 Å². The average Bonchev–Trinajstić information content (AvgIpc) is 3.07. The molecule has 0 aliphatic heterocycles. The Morgan fingerprint density at radius 1 is 1.03 bits per heavy atom. The number of amides is 1. The predicted octanol–water partition coefficient (Wildman–Crippen LogP) is 4.13. The lowest BCUT2D eigenvalue weighted by Crippen LogP contribution is -2.24. The SMILES string of the molecule is CCOC(=O)c1c(C)[nH]c(C(=O)C(=O)Nc2ccccc2F)c1-c1ccccc1. The van der Waals surface area contributed by atoms with Crippen LogP contribution in [0.25, 0.3) is 11.1 Å². The number of hydrogen-bond donors (Lipinski definition) is 2. The number of aryl methyl sites for hydroxylation is 1. The van der Waals surface area contributed by atoms with Crippen LogP contribution in [0, 0.1) is 12.7 Å². The van der Waals surface area contributed by atoms with Crippen LogP contribution in [0.4, 0.5) is 10.1 Å². The van der Waals surface area contributed by atoms with Crippen LogP contribution >= 0.6 is 0 Å². The monoisotopic (exact) mass is 394 g/mol. The number of aromatic nitrogens is 1. The number of halogens is 1. The first kappa shape index (κ1) is 20.0. The summed E-state index contributed by atoms with van der Waals surface area (Å²) in [5, 5.41) is 2.27. The maximum absolute atomic E-state index is 13.8. The predicted molar refractivity (Wildman–Crippen MR) is 106 cm³/mol. The molecule has 0 bridgehead atoms. The molecule has 1 aromatic heterocycles. The van der Waals surface area contributed by atoms with Gasteiger partial charge in [-0.25, -0.2) is 9.18 Å². The third-order valence-electron chi connectivity index (χ3n) is 4.28. The maximum atomic E-state index is 13.8. The van der Waals surface area contributed by atoms with Crippen LogP contribution in [0.1, 0.15) is 33.5 Å². The molecule has 0 spiro atoms. The lowest BCUT2D eigenvalue weighted by molar-refractivity contribution is -0.112. The lowest BCUT2D eigenvalue weighted by Gasteiger charge is -2.08. The van der Waals surface area contributed by atoms with Gasteiger partial charge in [0.05, 0.1) is 17.9 Å². The van der Waals surface area contributed by atoms with Crippen molar-refractivity contribution in [1.82, 2.24) is 4.98 Å². The number of nitrogens with one attached hydrogen (secondary N) is 2. The van der Waals surface area contributed by atoms with Gasteiger partial charge in [-0.1, -0.05) is 42.5 Å². The van der Waals surface area contributed by atoms with Gasteiger partial charge in [-0.2, -0.15) is 0 Å². The number of ketones is 1. The van der Waals surface area contributed by atoms with Gasteiger partial charge in [0.15, 0.2) is 0 Å². The minimum Gasteiger partial charge on any atom is -0.462 e. The van der Waals surface area contributed by atoms with Gasteiger partial charge < -0.3 is 15.0 Å². The molecule has 0 fully saturated rings. The topological polar surface area (TPSA) is 88.3 Å². The van der Waals surface area contributed by atoms with Crippen LogP contribution in [-0.4, -0.2) is 29.3 Å². The molecule has 0 unspecified atom stereocenters. The summed E-state index contributed by atoms with van der Waals surface area (Å²) < 4.78 is 18.9. The third kappa shape index (κ3) is 4.08. The Balaban J connectivity index is 2.05. The summed E-state index contributed by atoms with van der Waals surface area (Å²) in [4.78, 5) is 40.7. The molecule has 148 valence electrons. The van der Waals surface area contributed by atoms with Crippen molar-refractivity contribution in [2.45, 2.75) is 13.8 Å². The van der Waals surface area contributed by atoms with Gasteiger partial charge in [0.2, 0.25) is 0 Å². The fraction of sp³-hybridized carbons (Fsp3) is 0.136. The van der Waals surface area contributed by atoms with Crippen LogP contribution in [0.3, 0.4) is 0 Å². The van der Waals surface area contributed by atoms with Crippen molar-refractivity contribution < 1.29 is 23.5 Å². The van der Waals surface area contributed by atoms with Crippen molar-refractivity contribution in [1.29, 1.82) is 0 Å². The maximum Gasteiger partial charge on any atom is 0.340 e. The van der Waals surface area contributed by atoms with E-state index in [1.54, 1.807) is 44.2 Å². The van der Waals surface area contributed by atoms with Gasteiger partial charge in [-0.15, -0.1) is 0 Å². The highest BCUT2D eigenvalue weighted by molar-refractivity contribution is 6.47. The van der Waals surface area contributed by atoms with E-state index in [-0.39, 0.29) is 29.1 Å². The van der Waals surface area contributed by atoms with E-state index >= 15 is 0 Å². The molecule has 2 N–H and O–H groups in total. The Kier molecular flexibility index (Phi) is 5.87. The van der Waals surface area contributed by atoms with E-state index in [9.17, 15) is 18.8 Å². The largest absolute Gasteiger partial charge is 0.462 e. The number of Topliss-reactive ketones (excluding diaryl/α,β-unsaturated/α-hetero) is 1. The molecule has 1 heterocycles. The number of rotatable bonds is 6. The highest BCUT2D eigenvalue weighted by Gasteiger charge is 2.30. The Labute approximate surface area is 166 Å². The summed E-state index contributed by atoms with van der Waals surface area (Å²) in [5.41, 5.74) is 1.24. The van der Waals surface area contributed by atoms with Gasteiger partial charge in [0, 0.05) is 11.3 Å². The minimum absolute atomic E-state index is 0.0643. The molecule has 29 heavy (non-hydrogen) atoms. The highest BCUT2D eigenvalue weighted by Crippen LogP contribution is 2.31. The van der Waals surface area contributed by atoms with E-state index in [0.717, 1.165) is 0 Å². The second kappa shape index (κ2) is 8.52. The summed E-state index contributed by atoms with van der Waals surface area (Å²) >= 11 is 0. The van der Waals surface area contributed by atoms with E-state index < -0.39 is 23.5 Å². The Morgan fingerprint density at radius 2 is 1.69 bits per heavy atom. The summed E-state index contributed by atoms with van der Waals surface area (Å²) in [7, 11) is 0. The fourth-order valence-electron chi connectivity index (χ4n) is 3.00. The average molecular weight is 394 g/mol. The number of benzene rings is 2. The van der Waals surface area contributed by atoms with E-state index in [1.165, 1.54) is 24.3 Å². The molecular formula is C22H19FN2O4. The van der Waals surface area contributed by atoms with Crippen LogP contribution in [0.5, 0.6) is 0 Å². The molecule has 0 aliphatic carbocycles. The number of aromatic amines is 1. The molecule has 3 rings (SSSR count). The van der Waals surface area contributed by atoms with Gasteiger partial charge in [0.25, 0.3) is 11.7 Å². The number of ether oxygens (including phenoxy) is 1. The molecule has 0 saturated carbocycles. The lowest BCUT2D eigenvalue weighted by atomic mass is 9.98. The van der Waals surface area contributed by atoms with Crippen molar-refractivity contribution in [3.63, 3.8) is 0 Å². The molecule has 6 nitrogen and oxygen atoms in total. The smallest absolute Gasteiger partial charge is 0.340 e. The summed E-state index contributed by atoms with van der Waals surface area (Å²) in [6.45, 7) is 3.45. The van der Waals surface area contributed by atoms with E-state index in [4.69, 9.17) is 4.74 Å². The first-order valence-electron chi connectivity index (χ1n) is 8.99. The molecule has 2 aromatic carbocycles. The van der Waals surface area contributed by atoms with Crippen LogP contribution in [-0.2, 0) is 9.53 Å². The van der Waals surface area contributed by atoms with Crippen molar-refractivity contribution >= 4 is 23.3 Å². The molecular weight excluding hydrogens is 375 g/mol. The standard InChI is InChI=1S/C22H19FN2O4/c1-3-29-22(28)17-13(2)24-19(18(17)14-9-5-4-6-10-14)20(26)21(27)25-16-12-8-7-11-15(16)23/h4-12,24H,3H2,1-2H3,(H,25,27). The number of esters is 1. The summed E-state index contributed by atoms with van der Waals surface area (Å²) in [6, 6.07) is 14.3. The first-order valence-corrected chi connectivity index (χ1v) is 8.99. The number of anilines is 1. The Bertz CT molecular complexity index is 1070. The third-order valence-corrected chi connectivity index (χ3v) is 4.28. The number of carbonyl (C=O) groups excluding carboxylic acids is 3. The summed E-state index contributed by atoms with van der Waals surface area (Å²) in [6.07, 6.45) is 0. The van der Waals surface area contributed by atoms with Gasteiger partial charge >= 0.3 is 5.97 Å². The number of para-hydroxylation sites is 1. The van der Waals surface area contributed by atoms with E-state index in [1.807, 2.05) is 0 Å². The molecule has 0 saturated heterocycles. The van der Waals surface area contributed by atoms with Gasteiger partial charge in [-0.05, 0) is 31.5 Å².